The van der Waals surface area contributed by atoms with E-state index in [1.165, 1.54) is 0 Å². The van der Waals surface area contributed by atoms with Gasteiger partial charge in [0.2, 0.25) is 10.0 Å². The summed E-state index contributed by atoms with van der Waals surface area (Å²) >= 11 is 0. The van der Waals surface area contributed by atoms with Crippen LogP contribution in [-0.2, 0) is 16.6 Å². The summed E-state index contributed by atoms with van der Waals surface area (Å²) in [5, 5.41) is 2.79. The van der Waals surface area contributed by atoms with Crippen molar-refractivity contribution in [2.45, 2.75) is 26.8 Å². The predicted molar refractivity (Wildman–Crippen MR) is 98.0 cm³/mol. The third kappa shape index (κ3) is 5.82. The van der Waals surface area contributed by atoms with Crippen molar-refractivity contribution in [3.63, 3.8) is 0 Å². The third-order valence-electron chi connectivity index (χ3n) is 3.48. The number of carbonyl (C=O) groups excluding carboxylic acids is 1. The van der Waals surface area contributed by atoms with Gasteiger partial charge >= 0.3 is 6.03 Å². The summed E-state index contributed by atoms with van der Waals surface area (Å²) in [6, 6.07) is 8.17. The number of urea groups is 1. The summed E-state index contributed by atoms with van der Waals surface area (Å²) in [5.41, 5.74) is 1.84. The molecule has 8 heteroatoms. The first-order valence-electron chi connectivity index (χ1n) is 8.11. The van der Waals surface area contributed by atoms with E-state index in [-0.39, 0.29) is 11.8 Å². The van der Waals surface area contributed by atoms with Gasteiger partial charge in [0.05, 0.1) is 30.5 Å². The Morgan fingerprint density at radius 2 is 1.96 bits per heavy atom. The van der Waals surface area contributed by atoms with Gasteiger partial charge in [-0.15, -0.1) is 0 Å². The lowest BCUT2D eigenvalue weighted by Gasteiger charge is -2.21. The molecule has 0 aliphatic heterocycles. The minimum atomic E-state index is -3.37. The van der Waals surface area contributed by atoms with Gasteiger partial charge in [-0.2, -0.15) is 0 Å². The standard InChI is InChI=1S/C17H23N3O4S/c1-3-10-25(22,23)19-16-7-5-6-15(11-16)18-17(21)20(4-2)12-14-8-9-24-13-14/h5-9,11,13,19H,3-4,10,12H2,1-2H3,(H,18,21). The maximum Gasteiger partial charge on any atom is 0.322 e. The highest BCUT2D eigenvalue weighted by molar-refractivity contribution is 7.92. The van der Waals surface area contributed by atoms with Crippen molar-refractivity contribution in [2.75, 3.05) is 22.3 Å². The summed E-state index contributed by atoms with van der Waals surface area (Å²) in [7, 11) is -3.37. The van der Waals surface area contributed by atoms with Crippen LogP contribution in [0.4, 0.5) is 16.2 Å². The minimum Gasteiger partial charge on any atom is -0.472 e. The molecule has 0 unspecified atom stereocenters. The molecule has 1 aromatic carbocycles. The van der Waals surface area contributed by atoms with Crippen LogP contribution in [0.1, 0.15) is 25.8 Å². The van der Waals surface area contributed by atoms with E-state index < -0.39 is 10.0 Å². The van der Waals surface area contributed by atoms with E-state index in [0.29, 0.717) is 30.9 Å². The fourth-order valence-corrected chi connectivity index (χ4v) is 3.42. The number of carbonyl (C=O) groups is 1. The van der Waals surface area contributed by atoms with Crippen LogP contribution in [0.3, 0.4) is 0 Å². The second-order valence-corrected chi connectivity index (χ2v) is 7.42. The number of rotatable bonds is 8. The number of benzene rings is 1. The normalized spacial score (nSPS) is 11.1. The molecule has 0 aliphatic carbocycles. The molecule has 2 aromatic rings. The molecule has 136 valence electrons. The second kappa shape index (κ2) is 8.57. The Kier molecular flexibility index (Phi) is 6.46. The highest BCUT2D eigenvalue weighted by Crippen LogP contribution is 2.17. The monoisotopic (exact) mass is 365 g/mol. The highest BCUT2D eigenvalue weighted by atomic mass is 32.2. The summed E-state index contributed by atoms with van der Waals surface area (Å²) < 4.78 is 31.2. The lowest BCUT2D eigenvalue weighted by atomic mass is 10.3. The number of nitrogens with one attached hydrogen (secondary N) is 2. The van der Waals surface area contributed by atoms with Gasteiger partial charge in [0, 0.05) is 17.8 Å². The van der Waals surface area contributed by atoms with Gasteiger partial charge in [-0.25, -0.2) is 13.2 Å². The lowest BCUT2D eigenvalue weighted by Crippen LogP contribution is -2.34. The van der Waals surface area contributed by atoms with Crippen molar-refractivity contribution in [1.82, 2.24) is 4.90 Å². The van der Waals surface area contributed by atoms with Crippen LogP contribution >= 0.6 is 0 Å². The molecule has 25 heavy (non-hydrogen) atoms. The smallest absolute Gasteiger partial charge is 0.322 e. The first-order valence-corrected chi connectivity index (χ1v) is 9.76. The maximum absolute atomic E-state index is 12.4. The maximum atomic E-state index is 12.4. The Labute approximate surface area is 148 Å². The third-order valence-corrected chi connectivity index (χ3v) is 4.97. The molecule has 2 amide bonds. The van der Waals surface area contributed by atoms with Crippen molar-refractivity contribution in [2.24, 2.45) is 0 Å². The van der Waals surface area contributed by atoms with Gasteiger partial charge in [-0.1, -0.05) is 13.0 Å². The number of nitrogens with zero attached hydrogens (tertiary/aromatic N) is 1. The molecule has 7 nitrogen and oxygen atoms in total. The molecule has 1 aromatic heterocycles. The first-order chi connectivity index (χ1) is 11.9. The van der Waals surface area contributed by atoms with Crippen LogP contribution in [-0.4, -0.2) is 31.6 Å². The van der Waals surface area contributed by atoms with E-state index in [0.717, 1.165) is 5.56 Å². The van der Waals surface area contributed by atoms with Gasteiger partial charge in [-0.05, 0) is 37.6 Å². The molecule has 0 spiro atoms. The summed E-state index contributed by atoms with van der Waals surface area (Å²) in [6.45, 7) is 4.64. The first kappa shape index (κ1) is 18.9. The molecule has 1 heterocycles. The second-order valence-electron chi connectivity index (χ2n) is 5.58. The molecule has 0 radical (unpaired) electrons. The number of hydrogen-bond acceptors (Lipinski definition) is 4. The number of furan rings is 1. The van der Waals surface area contributed by atoms with E-state index in [4.69, 9.17) is 4.42 Å². The number of amides is 2. The Hall–Kier alpha value is -2.48. The zero-order chi connectivity index (χ0) is 18.3. The summed E-state index contributed by atoms with van der Waals surface area (Å²) in [5.74, 6) is 0.0535. The van der Waals surface area contributed by atoms with Gasteiger partial charge in [0.1, 0.15) is 0 Å². The lowest BCUT2D eigenvalue weighted by molar-refractivity contribution is 0.212. The molecule has 0 atom stereocenters. The van der Waals surface area contributed by atoms with Gasteiger partial charge in [0.15, 0.2) is 0 Å². The SMILES string of the molecule is CCCS(=O)(=O)Nc1cccc(NC(=O)N(CC)Cc2ccoc2)c1. The van der Waals surface area contributed by atoms with Crippen LogP contribution in [0.15, 0.2) is 47.3 Å². The molecule has 2 rings (SSSR count). The minimum absolute atomic E-state index is 0.0535. The van der Waals surface area contributed by atoms with Crippen molar-refractivity contribution >= 4 is 27.4 Å². The zero-order valence-corrected chi connectivity index (χ0v) is 15.2. The molecule has 0 fully saturated rings. The molecule has 0 bridgehead atoms. The molecular weight excluding hydrogens is 342 g/mol. The van der Waals surface area contributed by atoms with Crippen LogP contribution in [0.25, 0.3) is 0 Å². The molecular formula is C17H23N3O4S. The van der Waals surface area contributed by atoms with E-state index in [9.17, 15) is 13.2 Å². The summed E-state index contributed by atoms with van der Waals surface area (Å²) in [4.78, 5) is 14.0. The average Bonchev–Trinajstić information content (AvgIpc) is 3.05. The largest absolute Gasteiger partial charge is 0.472 e. The summed E-state index contributed by atoms with van der Waals surface area (Å²) in [6.07, 6.45) is 3.69. The fraction of sp³-hybridized carbons (Fsp3) is 0.353. The molecule has 2 N–H and O–H groups in total. The highest BCUT2D eigenvalue weighted by Gasteiger charge is 2.14. The van der Waals surface area contributed by atoms with E-state index in [2.05, 4.69) is 10.0 Å². The Bertz CT molecular complexity index is 788. The van der Waals surface area contributed by atoms with Gasteiger partial charge in [0.25, 0.3) is 0 Å². The predicted octanol–water partition coefficient (Wildman–Crippen LogP) is 3.49. The number of hydrogen-bond donors (Lipinski definition) is 2. The molecule has 0 saturated carbocycles. The number of anilines is 2. The fourth-order valence-electron chi connectivity index (χ4n) is 2.29. The average molecular weight is 365 g/mol. The van der Waals surface area contributed by atoms with Crippen LogP contribution in [0.5, 0.6) is 0 Å². The van der Waals surface area contributed by atoms with E-state index in [1.54, 1.807) is 54.7 Å². The van der Waals surface area contributed by atoms with Crippen molar-refractivity contribution in [3.05, 3.63) is 48.4 Å². The van der Waals surface area contributed by atoms with Gasteiger partial charge < -0.3 is 14.6 Å². The quantitative estimate of drug-likeness (QED) is 0.749. The van der Waals surface area contributed by atoms with Crippen LogP contribution in [0.2, 0.25) is 0 Å². The Balaban J connectivity index is 2.03. The number of sulfonamides is 1. The Morgan fingerprint density at radius 3 is 2.60 bits per heavy atom. The van der Waals surface area contributed by atoms with E-state index in [1.807, 2.05) is 6.92 Å². The van der Waals surface area contributed by atoms with Crippen LogP contribution in [0, 0.1) is 0 Å². The van der Waals surface area contributed by atoms with Crippen molar-refractivity contribution in [3.8, 4) is 0 Å². The van der Waals surface area contributed by atoms with Crippen molar-refractivity contribution < 1.29 is 17.6 Å². The van der Waals surface area contributed by atoms with E-state index >= 15 is 0 Å². The molecule has 0 saturated heterocycles. The van der Waals surface area contributed by atoms with Gasteiger partial charge in [-0.3, -0.25) is 4.72 Å². The van der Waals surface area contributed by atoms with Crippen molar-refractivity contribution in [1.29, 1.82) is 0 Å². The van der Waals surface area contributed by atoms with Crippen LogP contribution < -0.4 is 10.0 Å². The zero-order valence-electron chi connectivity index (χ0n) is 14.4. The topological polar surface area (TPSA) is 91.7 Å². The molecule has 0 aliphatic rings. The Morgan fingerprint density at radius 1 is 1.20 bits per heavy atom.